The Balaban J connectivity index is 2.16. The molecule has 0 atom stereocenters. The van der Waals surface area contributed by atoms with Crippen molar-refractivity contribution in [1.82, 2.24) is 4.90 Å². The van der Waals surface area contributed by atoms with Crippen LogP contribution in [0.15, 0.2) is 29.2 Å². The number of nitrogens with zero attached hydrogens (tertiary/aromatic N) is 1. The molecule has 1 heterocycles. The lowest BCUT2D eigenvalue weighted by Gasteiger charge is -2.29. The van der Waals surface area contributed by atoms with Gasteiger partial charge in [0.25, 0.3) is 0 Å². The van der Waals surface area contributed by atoms with Crippen LogP contribution in [-0.2, 0) is 9.84 Å². The van der Waals surface area contributed by atoms with Gasteiger partial charge in [0.05, 0.1) is 10.1 Å². The van der Waals surface area contributed by atoms with Crippen LogP contribution >= 0.6 is 0 Å². The zero-order chi connectivity index (χ0) is 14.0. The average Bonchev–Trinajstić information content (AvgIpc) is 2.39. The molecule has 104 valence electrons. The highest BCUT2D eigenvalue weighted by molar-refractivity contribution is 7.92. The molecule has 19 heavy (non-hydrogen) atoms. The third-order valence-electron chi connectivity index (χ3n) is 3.47. The molecule has 1 aliphatic rings. The van der Waals surface area contributed by atoms with Gasteiger partial charge in [-0.15, -0.1) is 0 Å². The highest BCUT2D eigenvalue weighted by Crippen LogP contribution is 2.25. The topological polar surface area (TPSA) is 74.7 Å². The molecule has 0 saturated carbocycles. The van der Waals surface area contributed by atoms with E-state index in [1.54, 1.807) is 18.2 Å². The summed E-state index contributed by atoms with van der Waals surface area (Å²) in [5.74, 6) is 0. The Kier molecular flexibility index (Phi) is 3.80. The van der Waals surface area contributed by atoms with E-state index < -0.39 is 21.2 Å². The fourth-order valence-electron chi connectivity index (χ4n) is 2.34. The Morgan fingerprint density at radius 2 is 1.95 bits per heavy atom. The molecule has 1 saturated heterocycles. The first-order chi connectivity index (χ1) is 8.91. The summed E-state index contributed by atoms with van der Waals surface area (Å²) in [5.41, 5.74) is 0.907. The maximum absolute atomic E-state index is 12.5. The highest BCUT2D eigenvalue weighted by atomic mass is 32.2. The molecular weight excluding hydrogens is 266 g/mol. The predicted molar refractivity (Wildman–Crippen MR) is 71.0 cm³/mol. The molecule has 2 rings (SSSR count). The summed E-state index contributed by atoms with van der Waals surface area (Å²) in [4.78, 5) is 12.4. The molecule has 1 aromatic carbocycles. The van der Waals surface area contributed by atoms with Crippen LogP contribution in [0.5, 0.6) is 0 Å². The van der Waals surface area contributed by atoms with Crippen LogP contribution in [0.2, 0.25) is 0 Å². The Morgan fingerprint density at radius 1 is 1.32 bits per heavy atom. The van der Waals surface area contributed by atoms with Gasteiger partial charge in [-0.05, 0) is 37.5 Å². The van der Waals surface area contributed by atoms with Gasteiger partial charge in [-0.2, -0.15) is 0 Å². The summed E-state index contributed by atoms with van der Waals surface area (Å²) in [6.45, 7) is 2.42. The van der Waals surface area contributed by atoms with E-state index >= 15 is 0 Å². The normalized spacial score (nSPS) is 17.4. The van der Waals surface area contributed by atoms with Crippen LogP contribution in [0.1, 0.15) is 18.4 Å². The molecule has 5 nitrogen and oxygen atoms in total. The Hall–Kier alpha value is -1.56. The fourth-order valence-corrected chi connectivity index (χ4v) is 4.18. The molecular formula is C13H17NO4S. The van der Waals surface area contributed by atoms with Crippen molar-refractivity contribution in [3.63, 3.8) is 0 Å². The minimum absolute atomic E-state index is 0.283. The second kappa shape index (κ2) is 5.21. The molecule has 1 fully saturated rings. The largest absolute Gasteiger partial charge is 0.465 e. The summed E-state index contributed by atoms with van der Waals surface area (Å²) in [6, 6.07) is 6.85. The van der Waals surface area contributed by atoms with Gasteiger partial charge in [0.1, 0.15) is 0 Å². The van der Waals surface area contributed by atoms with Crippen LogP contribution in [0.25, 0.3) is 0 Å². The van der Waals surface area contributed by atoms with Crippen LogP contribution in [0.3, 0.4) is 0 Å². The Morgan fingerprint density at radius 3 is 2.47 bits per heavy atom. The quantitative estimate of drug-likeness (QED) is 0.899. The number of amides is 1. The Labute approximate surface area is 112 Å². The number of likely N-dealkylation sites (tertiary alicyclic amines) is 1. The number of hydrogen-bond acceptors (Lipinski definition) is 3. The number of aryl methyl sites for hydroxylation is 1. The van der Waals surface area contributed by atoms with Crippen molar-refractivity contribution in [2.75, 3.05) is 13.1 Å². The second-order valence-electron chi connectivity index (χ2n) is 4.83. The van der Waals surface area contributed by atoms with Crippen molar-refractivity contribution in [1.29, 1.82) is 0 Å². The van der Waals surface area contributed by atoms with E-state index in [9.17, 15) is 13.2 Å². The minimum Gasteiger partial charge on any atom is -0.465 e. The summed E-state index contributed by atoms with van der Waals surface area (Å²) in [5, 5.41) is 8.38. The lowest BCUT2D eigenvalue weighted by atomic mass is 10.1. The van der Waals surface area contributed by atoms with Crippen molar-refractivity contribution in [3.8, 4) is 0 Å². The third kappa shape index (κ3) is 2.89. The van der Waals surface area contributed by atoms with Crippen molar-refractivity contribution < 1.29 is 18.3 Å². The molecule has 0 bridgehead atoms. The highest BCUT2D eigenvalue weighted by Gasteiger charge is 2.32. The van der Waals surface area contributed by atoms with Crippen LogP contribution in [0, 0.1) is 6.92 Å². The summed E-state index contributed by atoms with van der Waals surface area (Å²) in [7, 11) is -3.35. The van der Waals surface area contributed by atoms with E-state index in [4.69, 9.17) is 5.11 Å². The van der Waals surface area contributed by atoms with Crippen LogP contribution in [-0.4, -0.2) is 42.9 Å². The first-order valence-corrected chi connectivity index (χ1v) is 7.74. The van der Waals surface area contributed by atoms with Crippen molar-refractivity contribution in [3.05, 3.63) is 29.8 Å². The number of hydrogen-bond donors (Lipinski definition) is 1. The first kappa shape index (κ1) is 13.9. The van der Waals surface area contributed by atoms with Gasteiger partial charge in [0, 0.05) is 13.1 Å². The number of benzene rings is 1. The number of sulfone groups is 1. The number of carboxylic acid groups (broad SMARTS) is 1. The molecule has 0 spiro atoms. The number of piperidine rings is 1. The number of carbonyl (C=O) groups is 1. The van der Waals surface area contributed by atoms with E-state index in [0.717, 1.165) is 5.56 Å². The van der Waals surface area contributed by atoms with E-state index in [0.29, 0.717) is 17.7 Å². The lowest BCUT2D eigenvalue weighted by molar-refractivity contribution is 0.136. The zero-order valence-electron chi connectivity index (χ0n) is 10.7. The van der Waals surface area contributed by atoms with Crippen LogP contribution < -0.4 is 0 Å². The molecule has 0 aromatic heterocycles. The summed E-state index contributed by atoms with van der Waals surface area (Å²) in [6.07, 6.45) is -0.253. The van der Waals surface area contributed by atoms with E-state index in [2.05, 4.69) is 0 Å². The molecule has 0 aliphatic carbocycles. The molecule has 1 aromatic rings. The summed E-state index contributed by atoms with van der Waals surface area (Å²) >= 11 is 0. The van der Waals surface area contributed by atoms with Crippen LogP contribution in [0.4, 0.5) is 4.79 Å². The van der Waals surface area contributed by atoms with Crippen molar-refractivity contribution in [2.45, 2.75) is 29.9 Å². The standard InChI is InChI=1S/C13H17NO4S/c1-10-3-2-4-12(9-10)19(17,18)11-5-7-14(8-6-11)13(15)16/h2-4,9,11H,5-8H2,1H3,(H,15,16). The van der Waals surface area contributed by atoms with Gasteiger partial charge in [0.2, 0.25) is 0 Å². The molecule has 1 N–H and O–H groups in total. The first-order valence-electron chi connectivity index (χ1n) is 6.19. The number of rotatable bonds is 2. The predicted octanol–water partition coefficient (Wildman–Crippen LogP) is 1.91. The monoisotopic (exact) mass is 283 g/mol. The molecule has 6 heteroatoms. The molecule has 1 amide bonds. The van der Waals surface area contributed by atoms with Gasteiger partial charge in [-0.3, -0.25) is 0 Å². The van der Waals surface area contributed by atoms with Gasteiger partial charge in [-0.1, -0.05) is 12.1 Å². The van der Waals surface area contributed by atoms with Crippen molar-refractivity contribution >= 4 is 15.9 Å². The minimum atomic E-state index is -3.35. The molecule has 0 radical (unpaired) electrons. The van der Waals surface area contributed by atoms with Gasteiger partial charge < -0.3 is 10.0 Å². The fraction of sp³-hybridized carbons (Fsp3) is 0.462. The van der Waals surface area contributed by atoms with E-state index in [-0.39, 0.29) is 13.1 Å². The summed E-state index contributed by atoms with van der Waals surface area (Å²) < 4.78 is 24.9. The van der Waals surface area contributed by atoms with Gasteiger partial charge in [-0.25, -0.2) is 13.2 Å². The smallest absolute Gasteiger partial charge is 0.407 e. The zero-order valence-corrected chi connectivity index (χ0v) is 11.6. The molecule has 1 aliphatic heterocycles. The third-order valence-corrected chi connectivity index (χ3v) is 5.73. The molecule has 0 unspecified atom stereocenters. The Bertz CT molecular complexity index is 574. The average molecular weight is 283 g/mol. The SMILES string of the molecule is Cc1cccc(S(=O)(=O)C2CCN(C(=O)O)CC2)c1. The maximum Gasteiger partial charge on any atom is 0.407 e. The van der Waals surface area contributed by atoms with E-state index in [1.807, 2.05) is 13.0 Å². The van der Waals surface area contributed by atoms with Gasteiger partial charge >= 0.3 is 6.09 Å². The van der Waals surface area contributed by atoms with Crippen molar-refractivity contribution in [2.24, 2.45) is 0 Å². The maximum atomic E-state index is 12.5. The van der Waals surface area contributed by atoms with E-state index in [1.165, 1.54) is 4.90 Å². The lowest BCUT2D eigenvalue weighted by Crippen LogP contribution is -2.41. The van der Waals surface area contributed by atoms with Gasteiger partial charge in [0.15, 0.2) is 9.84 Å². The second-order valence-corrected chi connectivity index (χ2v) is 7.06.